The second kappa shape index (κ2) is 13.1. The smallest absolute Gasteiger partial charge is 0.408 e. The van der Waals surface area contributed by atoms with Crippen LogP contribution < -0.4 is 10.6 Å². The van der Waals surface area contributed by atoms with Crippen LogP contribution in [0.25, 0.3) is 6.08 Å². The van der Waals surface area contributed by atoms with Crippen LogP contribution in [-0.2, 0) is 14.3 Å². The largest absolute Gasteiger partial charge is 0.444 e. The molecule has 0 heterocycles. The Bertz CT molecular complexity index is 1100. The van der Waals surface area contributed by atoms with E-state index in [4.69, 9.17) is 4.74 Å². The van der Waals surface area contributed by atoms with Gasteiger partial charge in [0.25, 0.3) is 5.91 Å². The lowest BCUT2D eigenvalue weighted by Crippen LogP contribution is -2.54. The summed E-state index contributed by atoms with van der Waals surface area (Å²) in [5.41, 5.74) is 3.04. The highest BCUT2D eigenvalue weighted by molar-refractivity contribution is 6.00. The van der Waals surface area contributed by atoms with Gasteiger partial charge in [-0.25, -0.2) is 4.79 Å². The Labute approximate surface area is 219 Å². The van der Waals surface area contributed by atoms with E-state index < -0.39 is 42.2 Å². The van der Waals surface area contributed by atoms with Gasteiger partial charge in [0.15, 0.2) is 0 Å². The number of aliphatic hydroxyl groups is 1. The van der Waals surface area contributed by atoms with Gasteiger partial charge in [-0.3, -0.25) is 9.59 Å². The van der Waals surface area contributed by atoms with Crippen molar-refractivity contribution in [2.24, 2.45) is 0 Å². The van der Waals surface area contributed by atoms with Gasteiger partial charge in [0.1, 0.15) is 17.7 Å². The van der Waals surface area contributed by atoms with Gasteiger partial charge in [-0.1, -0.05) is 56.0 Å². The third-order valence-electron chi connectivity index (χ3n) is 5.67. The first-order chi connectivity index (χ1) is 17.4. The molecule has 2 atom stereocenters. The van der Waals surface area contributed by atoms with E-state index in [1.807, 2.05) is 45.0 Å². The molecular weight excluding hydrogens is 470 g/mol. The SMILES string of the molecule is C=Cc1cccc(C(C(=O)Nc2c(C)cccc2C)N(CCC)C(=O)C(CO)NC(=O)OC(C)(C)C)c1. The molecule has 0 aliphatic heterocycles. The van der Waals surface area contributed by atoms with Gasteiger partial charge < -0.3 is 25.4 Å². The fraction of sp³-hybridized carbons (Fsp3) is 0.414. The van der Waals surface area contributed by atoms with Gasteiger partial charge >= 0.3 is 6.09 Å². The van der Waals surface area contributed by atoms with Crippen molar-refractivity contribution in [3.8, 4) is 0 Å². The molecule has 0 aromatic heterocycles. The second-order valence-corrected chi connectivity index (χ2v) is 9.95. The van der Waals surface area contributed by atoms with Crippen molar-refractivity contribution in [3.63, 3.8) is 0 Å². The molecule has 2 rings (SSSR count). The predicted octanol–water partition coefficient (Wildman–Crippen LogP) is 4.75. The number of nitrogens with one attached hydrogen (secondary N) is 2. The van der Waals surface area contributed by atoms with E-state index in [1.165, 1.54) is 4.90 Å². The Hall–Kier alpha value is -3.65. The maximum absolute atomic E-state index is 13.9. The van der Waals surface area contributed by atoms with Gasteiger partial charge in [-0.15, -0.1) is 0 Å². The van der Waals surface area contributed by atoms with Crippen LogP contribution in [0.2, 0.25) is 0 Å². The van der Waals surface area contributed by atoms with Crippen LogP contribution in [0.3, 0.4) is 0 Å². The Balaban J connectivity index is 2.52. The maximum atomic E-state index is 13.9. The third-order valence-corrected chi connectivity index (χ3v) is 5.67. The van der Waals surface area contributed by atoms with Crippen LogP contribution in [0, 0.1) is 13.8 Å². The quantitative estimate of drug-likeness (QED) is 0.428. The van der Waals surface area contributed by atoms with E-state index in [-0.39, 0.29) is 6.54 Å². The number of anilines is 1. The summed E-state index contributed by atoms with van der Waals surface area (Å²) in [5.74, 6) is -1.00. The van der Waals surface area contributed by atoms with E-state index in [9.17, 15) is 19.5 Å². The summed E-state index contributed by atoms with van der Waals surface area (Å²) in [7, 11) is 0. The number of hydrogen-bond acceptors (Lipinski definition) is 5. The monoisotopic (exact) mass is 509 g/mol. The molecule has 0 radical (unpaired) electrons. The molecule has 0 bridgehead atoms. The summed E-state index contributed by atoms with van der Waals surface area (Å²) >= 11 is 0. The second-order valence-electron chi connectivity index (χ2n) is 9.95. The molecule has 0 spiro atoms. The highest BCUT2D eigenvalue weighted by atomic mass is 16.6. The predicted molar refractivity (Wildman–Crippen MR) is 146 cm³/mol. The fourth-order valence-corrected chi connectivity index (χ4v) is 3.97. The number of carbonyl (C=O) groups excluding carboxylic acids is 3. The minimum absolute atomic E-state index is 0.217. The topological polar surface area (TPSA) is 108 Å². The Morgan fingerprint density at radius 3 is 2.27 bits per heavy atom. The van der Waals surface area contributed by atoms with Gasteiger partial charge in [-0.2, -0.15) is 0 Å². The number of aliphatic hydroxyl groups excluding tert-OH is 1. The number of aryl methyl sites for hydroxylation is 2. The molecule has 0 saturated heterocycles. The van der Waals surface area contributed by atoms with E-state index in [1.54, 1.807) is 45.0 Å². The lowest BCUT2D eigenvalue weighted by Gasteiger charge is -2.34. The lowest BCUT2D eigenvalue weighted by atomic mass is 9.99. The van der Waals surface area contributed by atoms with Crippen LogP contribution in [0.15, 0.2) is 49.0 Å². The minimum atomic E-state index is -1.29. The Kier molecular flexibility index (Phi) is 10.4. The zero-order valence-corrected chi connectivity index (χ0v) is 22.6. The average molecular weight is 510 g/mol. The Morgan fingerprint density at radius 1 is 1.11 bits per heavy atom. The first kappa shape index (κ1) is 29.6. The van der Waals surface area contributed by atoms with Crippen LogP contribution in [-0.4, -0.2) is 52.7 Å². The number of nitrogens with zero attached hydrogens (tertiary/aromatic N) is 1. The van der Waals surface area contributed by atoms with Gasteiger partial charge in [-0.05, 0) is 69.4 Å². The standard InChI is InChI=1S/C29H39N3O5/c1-8-16-32(27(35)23(18-33)30-28(36)37-29(5,6)7)25(22-15-11-14-21(9-2)17-22)26(34)31-24-19(3)12-10-13-20(24)4/h9-15,17,23,25,33H,2,8,16,18H2,1,3-7H3,(H,30,36)(H,31,34). The molecule has 0 aliphatic rings. The van der Waals surface area contributed by atoms with Crippen molar-refractivity contribution in [2.75, 3.05) is 18.5 Å². The number of ether oxygens (including phenoxy) is 1. The van der Waals surface area contributed by atoms with Gasteiger partial charge in [0.05, 0.1) is 6.61 Å². The zero-order valence-electron chi connectivity index (χ0n) is 22.6. The number of para-hydroxylation sites is 1. The van der Waals surface area contributed by atoms with E-state index in [2.05, 4.69) is 17.2 Å². The molecule has 2 aromatic carbocycles. The molecule has 0 aliphatic carbocycles. The molecule has 200 valence electrons. The summed E-state index contributed by atoms with van der Waals surface area (Å²) in [6.07, 6.45) is 1.38. The van der Waals surface area contributed by atoms with Gasteiger partial charge in [0, 0.05) is 12.2 Å². The van der Waals surface area contributed by atoms with Crippen molar-refractivity contribution in [2.45, 2.75) is 65.6 Å². The third kappa shape index (κ3) is 8.18. The molecule has 0 fully saturated rings. The van der Waals surface area contributed by atoms with E-state index in [0.29, 0.717) is 17.7 Å². The number of amides is 3. The van der Waals surface area contributed by atoms with Crippen molar-refractivity contribution >= 4 is 29.7 Å². The summed E-state index contributed by atoms with van der Waals surface area (Å²) in [6, 6.07) is 10.6. The van der Waals surface area contributed by atoms with Crippen molar-refractivity contribution < 1.29 is 24.2 Å². The number of hydrogen-bond donors (Lipinski definition) is 3. The van der Waals surface area contributed by atoms with E-state index in [0.717, 1.165) is 16.7 Å². The molecule has 8 heteroatoms. The van der Waals surface area contributed by atoms with Crippen LogP contribution in [0.4, 0.5) is 10.5 Å². The van der Waals surface area contributed by atoms with Crippen LogP contribution in [0.5, 0.6) is 0 Å². The van der Waals surface area contributed by atoms with Gasteiger partial charge in [0.2, 0.25) is 5.91 Å². The minimum Gasteiger partial charge on any atom is -0.444 e. The number of carbonyl (C=O) groups is 3. The molecular formula is C29H39N3O5. The molecule has 3 amide bonds. The summed E-state index contributed by atoms with van der Waals surface area (Å²) < 4.78 is 5.27. The summed E-state index contributed by atoms with van der Waals surface area (Å²) in [6.45, 7) is 14.2. The first-order valence-electron chi connectivity index (χ1n) is 12.4. The normalized spacial score (nSPS) is 12.7. The molecule has 8 nitrogen and oxygen atoms in total. The van der Waals surface area contributed by atoms with E-state index >= 15 is 0 Å². The van der Waals surface area contributed by atoms with Crippen molar-refractivity contribution in [1.29, 1.82) is 0 Å². The van der Waals surface area contributed by atoms with Crippen molar-refractivity contribution in [3.05, 3.63) is 71.3 Å². The summed E-state index contributed by atoms with van der Waals surface area (Å²) in [5, 5.41) is 15.5. The van der Waals surface area contributed by atoms with Crippen molar-refractivity contribution in [1.82, 2.24) is 10.2 Å². The summed E-state index contributed by atoms with van der Waals surface area (Å²) in [4.78, 5) is 41.3. The molecule has 3 N–H and O–H groups in total. The Morgan fingerprint density at radius 2 is 1.73 bits per heavy atom. The zero-order chi connectivity index (χ0) is 27.8. The molecule has 37 heavy (non-hydrogen) atoms. The number of benzene rings is 2. The lowest BCUT2D eigenvalue weighted by molar-refractivity contribution is -0.141. The number of alkyl carbamates (subject to hydrolysis) is 1. The molecule has 2 aromatic rings. The highest BCUT2D eigenvalue weighted by Crippen LogP contribution is 2.28. The maximum Gasteiger partial charge on any atom is 0.408 e. The van der Waals surface area contributed by atoms with Crippen LogP contribution in [0.1, 0.15) is 62.4 Å². The molecule has 2 unspecified atom stereocenters. The average Bonchev–Trinajstić information content (AvgIpc) is 2.83. The fourth-order valence-electron chi connectivity index (χ4n) is 3.97. The highest BCUT2D eigenvalue weighted by Gasteiger charge is 2.36. The number of rotatable bonds is 10. The molecule has 0 saturated carbocycles. The first-order valence-corrected chi connectivity index (χ1v) is 12.4. The van der Waals surface area contributed by atoms with Crippen LogP contribution >= 0.6 is 0 Å².